The Labute approximate surface area is 162 Å². The molecule has 6 heteroatoms. The third kappa shape index (κ3) is 4.29. The highest BCUT2D eigenvalue weighted by Crippen LogP contribution is 2.26. The van der Waals surface area contributed by atoms with Crippen molar-refractivity contribution in [2.24, 2.45) is 0 Å². The Morgan fingerprint density at radius 3 is 2.70 bits per heavy atom. The van der Waals surface area contributed by atoms with Gasteiger partial charge in [0.15, 0.2) is 0 Å². The van der Waals surface area contributed by atoms with Gasteiger partial charge in [-0.3, -0.25) is 4.79 Å². The molecule has 1 aliphatic rings. The van der Waals surface area contributed by atoms with E-state index in [0.29, 0.717) is 27.5 Å². The summed E-state index contributed by atoms with van der Waals surface area (Å²) in [6.45, 7) is 3.47. The minimum Gasteiger partial charge on any atom is -0.369 e. The summed E-state index contributed by atoms with van der Waals surface area (Å²) in [4.78, 5) is 14.4. The minimum absolute atomic E-state index is 0.109. The van der Waals surface area contributed by atoms with Crippen molar-refractivity contribution in [1.29, 1.82) is 5.26 Å². The molecule has 1 N–H and O–H groups in total. The molecule has 0 unspecified atom stereocenters. The van der Waals surface area contributed by atoms with Crippen LogP contribution in [0.25, 0.3) is 6.08 Å². The quantitative estimate of drug-likeness (QED) is 0.601. The Balaban J connectivity index is 1.81. The van der Waals surface area contributed by atoms with E-state index in [1.807, 2.05) is 11.0 Å². The van der Waals surface area contributed by atoms with Gasteiger partial charge in [0, 0.05) is 23.8 Å². The van der Waals surface area contributed by atoms with Gasteiger partial charge in [-0.15, -0.1) is 0 Å². The van der Waals surface area contributed by atoms with E-state index in [2.05, 4.69) is 5.32 Å². The van der Waals surface area contributed by atoms with E-state index in [1.54, 1.807) is 37.3 Å². The fraction of sp³-hybridized carbons (Fsp3) is 0.238. The van der Waals surface area contributed by atoms with Crippen LogP contribution in [-0.2, 0) is 4.79 Å². The van der Waals surface area contributed by atoms with Crippen molar-refractivity contribution in [3.05, 3.63) is 63.9 Å². The summed E-state index contributed by atoms with van der Waals surface area (Å²) < 4.78 is 14.4. The Bertz CT molecular complexity index is 943. The predicted molar refractivity (Wildman–Crippen MR) is 106 cm³/mol. The molecule has 0 saturated carbocycles. The van der Waals surface area contributed by atoms with Gasteiger partial charge in [-0.1, -0.05) is 23.7 Å². The van der Waals surface area contributed by atoms with Crippen LogP contribution in [0.1, 0.15) is 24.0 Å². The lowest BCUT2D eigenvalue weighted by Crippen LogP contribution is -2.18. The van der Waals surface area contributed by atoms with Gasteiger partial charge in [0.2, 0.25) is 0 Å². The lowest BCUT2D eigenvalue weighted by Gasteiger charge is -2.18. The highest BCUT2D eigenvalue weighted by Gasteiger charge is 2.17. The molecule has 4 nitrogen and oxygen atoms in total. The number of hydrogen-bond acceptors (Lipinski definition) is 3. The van der Waals surface area contributed by atoms with Crippen molar-refractivity contribution in [2.75, 3.05) is 23.3 Å². The number of nitrogens with zero attached hydrogens (tertiary/aromatic N) is 2. The zero-order chi connectivity index (χ0) is 19.4. The Hall–Kier alpha value is -2.84. The standard InChI is InChI=1S/C21H19ClFN3O/c1-14-17(22)5-4-6-19(14)25-21(27)16(13-24)11-15-7-8-20(18(23)12-15)26-9-2-3-10-26/h4-8,11-12H,2-3,9-10H2,1H3,(H,25,27)/b16-11-. The topological polar surface area (TPSA) is 56.1 Å². The van der Waals surface area contributed by atoms with Crippen LogP contribution in [-0.4, -0.2) is 19.0 Å². The SMILES string of the molecule is Cc1c(Cl)cccc1NC(=O)/C(C#N)=C\c1ccc(N2CCCC2)c(F)c1. The zero-order valence-corrected chi connectivity index (χ0v) is 15.7. The highest BCUT2D eigenvalue weighted by atomic mass is 35.5. The van der Waals surface area contributed by atoms with E-state index in [1.165, 1.54) is 12.1 Å². The molecule has 1 saturated heterocycles. The van der Waals surface area contributed by atoms with Gasteiger partial charge in [0.25, 0.3) is 5.91 Å². The third-order valence-corrected chi connectivity index (χ3v) is 5.02. The van der Waals surface area contributed by atoms with E-state index in [4.69, 9.17) is 11.6 Å². The smallest absolute Gasteiger partial charge is 0.266 e. The average Bonchev–Trinajstić information content (AvgIpc) is 3.18. The van der Waals surface area contributed by atoms with Crippen LogP contribution in [0.4, 0.5) is 15.8 Å². The van der Waals surface area contributed by atoms with Crippen molar-refractivity contribution in [1.82, 2.24) is 0 Å². The first-order chi connectivity index (χ1) is 13.0. The van der Waals surface area contributed by atoms with Crippen molar-refractivity contribution in [3.63, 3.8) is 0 Å². The molecule has 0 radical (unpaired) electrons. The lowest BCUT2D eigenvalue weighted by atomic mass is 10.1. The maximum atomic E-state index is 14.4. The second-order valence-corrected chi connectivity index (χ2v) is 6.85. The fourth-order valence-corrected chi connectivity index (χ4v) is 3.25. The molecule has 27 heavy (non-hydrogen) atoms. The second-order valence-electron chi connectivity index (χ2n) is 6.44. The van der Waals surface area contributed by atoms with Crippen LogP contribution >= 0.6 is 11.6 Å². The van der Waals surface area contributed by atoms with Crippen LogP contribution < -0.4 is 10.2 Å². The first-order valence-corrected chi connectivity index (χ1v) is 9.10. The Morgan fingerprint density at radius 1 is 1.30 bits per heavy atom. The van der Waals surface area contributed by atoms with E-state index >= 15 is 0 Å². The van der Waals surface area contributed by atoms with Gasteiger partial charge in [0.05, 0.1) is 5.69 Å². The third-order valence-electron chi connectivity index (χ3n) is 4.61. The van der Waals surface area contributed by atoms with E-state index in [0.717, 1.165) is 25.9 Å². The number of rotatable bonds is 4. The second kappa shape index (κ2) is 8.24. The Morgan fingerprint density at radius 2 is 2.04 bits per heavy atom. The number of carbonyl (C=O) groups excluding carboxylic acids is 1. The predicted octanol–water partition coefficient (Wildman–Crippen LogP) is 4.93. The molecular formula is C21H19ClFN3O. The summed E-state index contributed by atoms with van der Waals surface area (Å²) in [5.74, 6) is -0.916. The highest BCUT2D eigenvalue weighted by molar-refractivity contribution is 6.31. The van der Waals surface area contributed by atoms with Crippen LogP contribution in [0, 0.1) is 24.1 Å². The first kappa shape index (κ1) is 18.9. The molecule has 2 aromatic carbocycles. The van der Waals surface area contributed by atoms with Crippen LogP contribution in [0.3, 0.4) is 0 Å². The summed E-state index contributed by atoms with van der Waals surface area (Å²) in [6.07, 6.45) is 3.50. The number of halogens is 2. The van der Waals surface area contributed by atoms with Gasteiger partial charge in [-0.2, -0.15) is 5.26 Å². The van der Waals surface area contributed by atoms with Crippen molar-refractivity contribution in [2.45, 2.75) is 19.8 Å². The number of anilines is 2. The number of nitrogens with one attached hydrogen (secondary N) is 1. The van der Waals surface area contributed by atoms with E-state index < -0.39 is 5.91 Å². The number of benzene rings is 2. The van der Waals surface area contributed by atoms with Gasteiger partial charge < -0.3 is 10.2 Å². The van der Waals surface area contributed by atoms with Crippen LogP contribution in [0.5, 0.6) is 0 Å². The largest absolute Gasteiger partial charge is 0.369 e. The monoisotopic (exact) mass is 383 g/mol. The molecule has 1 fully saturated rings. The molecule has 1 amide bonds. The number of hydrogen-bond donors (Lipinski definition) is 1. The summed E-state index contributed by atoms with van der Waals surface area (Å²) in [5.41, 5.74) is 2.16. The van der Waals surface area contributed by atoms with Gasteiger partial charge in [0.1, 0.15) is 17.5 Å². The van der Waals surface area contributed by atoms with Gasteiger partial charge in [-0.25, -0.2) is 4.39 Å². The van der Waals surface area contributed by atoms with E-state index in [9.17, 15) is 14.4 Å². The summed E-state index contributed by atoms with van der Waals surface area (Å²) in [5, 5.41) is 12.5. The van der Waals surface area contributed by atoms with Crippen LogP contribution in [0.2, 0.25) is 5.02 Å². The molecule has 0 bridgehead atoms. The average molecular weight is 384 g/mol. The molecule has 0 spiro atoms. The molecular weight excluding hydrogens is 365 g/mol. The number of amides is 1. The summed E-state index contributed by atoms with van der Waals surface area (Å²) >= 11 is 6.05. The number of nitriles is 1. The maximum absolute atomic E-state index is 14.4. The van der Waals surface area contributed by atoms with E-state index in [-0.39, 0.29) is 11.4 Å². The van der Waals surface area contributed by atoms with Gasteiger partial charge >= 0.3 is 0 Å². The van der Waals surface area contributed by atoms with Crippen molar-refractivity contribution in [3.8, 4) is 6.07 Å². The molecule has 0 atom stereocenters. The van der Waals surface area contributed by atoms with Crippen LogP contribution in [0.15, 0.2) is 42.0 Å². The molecule has 1 aliphatic heterocycles. The number of carbonyl (C=O) groups is 1. The molecule has 0 aliphatic carbocycles. The Kier molecular flexibility index (Phi) is 5.78. The summed E-state index contributed by atoms with van der Waals surface area (Å²) in [6, 6.07) is 11.8. The normalized spacial score (nSPS) is 14.1. The maximum Gasteiger partial charge on any atom is 0.266 e. The zero-order valence-electron chi connectivity index (χ0n) is 14.9. The van der Waals surface area contributed by atoms with Crippen molar-refractivity contribution < 1.29 is 9.18 Å². The molecule has 3 rings (SSSR count). The molecule has 138 valence electrons. The minimum atomic E-state index is -0.563. The first-order valence-electron chi connectivity index (χ1n) is 8.72. The molecule has 0 aromatic heterocycles. The molecule has 1 heterocycles. The fourth-order valence-electron chi connectivity index (χ4n) is 3.08. The summed E-state index contributed by atoms with van der Waals surface area (Å²) in [7, 11) is 0. The molecule has 2 aromatic rings. The van der Waals surface area contributed by atoms with Gasteiger partial charge in [-0.05, 0) is 61.2 Å². The lowest BCUT2D eigenvalue weighted by molar-refractivity contribution is -0.112. The van der Waals surface area contributed by atoms with Crippen molar-refractivity contribution >= 4 is 35.0 Å².